The summed E-state index contributed by atoms with van der Waals surface area (Å²) >= 11 is 0. The number of aromatic nitrogens is 6. The lowest BCUT2D eigenvalue weighted by Crippen LogP contribution is -2.42. The number of aliphatic carboxylic acids is 1. The van der Waals surface area contributed by atoms with Gasteiger partial charge in [-0.25, -0.2) is 9.78 Å². The van der Waals surface area contributed by atoms with Crippen LogP contribution in [0.5, 0.6) is 5.75 Å². The number of H-pyrrole nitrogens is 1. The van der Waals surface area contributed by atoms with E-state index >= 15 is 0 Å². The van der Waals surface area contributed by atoms with Crippen molar-refractivity contribution in [3.63, 3.8) is 0 Å². The van der Waals surface area contributed by atoms with Crippen molar-refractivity contribution in [2.75, 3.05) is 0 Å². The second kappa shape index (κ2) is 10.6. The van der Waals surface area contributed by atoms with Crippen LogP contribution in [0, 0.1) is 0 Å². The molecular formula is C28H27N7O5. The number of amides is 1. The van der Waals surface area contributed by atoms with E-state index in [0.29, 0.717) is 28.2 Å². The smallest absolute Gasteiger partial charge is 0.326 e. The molecule has 0 saturated heterocycles. The van der Waals surface area contributed by atoms with E-state index in [0.717, 1.165) is 42.6 Å². The molecule has 1 fully saturated rings. The Morgan fingerprint density at radius 2 is 1.98 bits per heavy atom. The Bertz CT molecular complexity index is 1650. The summed E-state index contributed by atoms with van der Waals surface area (Å²) in [5, 5.41) is 36.2. The Morgan fingerprint density at radius 1 is 1.12 bits per heavy atom. The number of aromatic amines is 1. The van der Waals surface area contributed by atoms with E-state index in [1.165, 1.54) is 12.5 Å². The molecule has 0 spiro atoms. The van der Waals surface area contributed by atoms with E-state index in [2.05, 4.69) is 30.5 Å². The Kier molecular flexibility index (Phi) is 6.72. The molecule has 0 bridgehead atoms. The predicted molar refractivity (Wildman–Crippen MR) is 143 cm³/mol. The number of fused-ring (bicyclic) bond motifs is 1. The molecule has 12 nitrogen and oxygen atoms in total. The van der Waals surface area contributed by atoms with Gasteiger partial charge in [0.1, 0.15) is 23.9 Å². The Morgan fingerprint density at radius 3 is 2.70 bits per heavy atom. The maximum Gasteiger partial charge on any atom is 0.326 e. The third kappa shape index (κ3) is 4.91. The fourth-order valence-electron chi connectivity index (χ4n) is 5.39. The lowest BCUT2D eigenvalue weighted by molar-refractivity contribution is -0.139. The summed E-state index contributed by atoms with van der Waals surface area (Å²) in [6.45, 7) is 0. The second-order valence-corrected chi connectivity index (χ2v) is 9.97. The number of carbonyl (C=O) groups excluding carboxylic acids is 1. The number of carboxylic acids is 1. The molecule has 1 aliphatic carbocycles. The summed E-state index contributed by atoms with van der Waals surface area (Å²) in [5.74, 6) is -0.819. The van der Waals surface area contributed by atoms with Crippen LogP contribution in [0.15, 0.2) is 59.4 Å². The van der Waals surface area contributed by atoms with Crippen molar-refractivity contribution in [1.29, 1.82) is 0 Å². The van der Waals surface area contributed by atoms with Crippen LogP contribution in [0.1, 0.15) is 54.1 Å². The predicted octanol–water partition coefficient (Wildman–Crippen LogP) is 4.11. The van der Waals surface area contributed by atoms with Crippen molar-refractivity contribution in [1.82, 2.24) is 35.5 Å². The van der Waals surface area contributed by atoms with E-state index in [9.17, 15) is 19.8 Å². The van der Waals surface area contributed by atoms with Gasteiger partial charge >= 0.3 is 5.97 Å². The molecule has 3 aromatic heterocycles. The highest BCUT2D eigenvalue weighted by Crippen LogP contribution is 2.36. The number of hydrogen-bond donors (Lipinski definition) is 4. The van der Waals surface area contributed by atoms with E-state index in [4.69, 9.17) is 9.40 Å². The zero-order chi connectivity index (χ0) is 27.6. The number of aromatic hydroxyl groups is 1. The van der Waals surface area contributed by atoms with Crippen molar-refractivity contribution in [2.24, 2.45) is 0 Å². The molecule has 6 rings (SSSR count). The highest BCUT2D eigenvalue weighted by Gasteiger charge is 2.25. The van der Waals surface area contributed by atoms with Crippen LogP contribution < -0.4 is 5.32 Å². The first-order valence-electron chi connectivity index (χ1n) is 13.1. The average Bonchev–Trinajstić information content (AvgIpc) is 3.75. The minimum atomic E-state index is -1.22. The first kappa shape index (κ1) is 25.3. The van der Waals surface area contributed by atoms with Gasteiger partial charge in [0.15, 0.2) is 0 Å². The molecule has 204 valence electrons. The molecule has 0 aliphatic heterocycles. The van der Waals surface area contributed by atoms with Gasteiger partial charge < -0.3 is 24.5 Å². The lowest BCUT2D eigenvalue weighted by atomic mass is 9.95. The van der Waals surface area contributed by atoms with Gasteiger partial charge in [0, 0.05) is 18.0 Å². The van der Waals surface area contributed by atoms with Crippen LogP contribution in [0.25, 0.3) is 33.8 Å². The largest absolute Gasteiger partial charge is 0.507 e. The quantitative estimate of drug-likeness (QED) is 0.225. The van der Waals surface area contributed by atoms with Gasteiger partial charge in [-0.15, -0.1) is 10.2 Å². The molecule has 1 amide bonds. The van der Waals surface area contributed by atoms with Gasteiger partial charge in [-0.05, 0) is 60.0 Å². The van der Waals surface area contributed by atoms with Crippen molar-refractivity contribution < 1.29 is 24.2 Å². The number of phenols is 1. The number of rotatable bonds is 8. The van der Waals surface area contributed by atoms with Crippen molar-refractivity contribution in [3.8, 4) is 28.5 Å². The van der Waals surface area contributed by atoms with Crippen LogP contribution in [-0.4, -0.2) is 58.3 Å². The highest BCUT2D eigenvalue weighted by atomic mass is 16.4. The van der Waals surface area contributed by atoms with Crippen molar-refractivity contribution >= 4 is 22.9 Å². The molecule has 0 radical (unpaired) electrons. The fraction of sp³-hybridized carbons (Fsp3) is 0.286. The number of carbonyl (C=O) groups is 2. The standard InChI is InChI=1S/C28H27N7O5/c36-24-9-6-16(12-20(24)25-31-33-34-32-25)13-22(28(38)39)30-27(37)17-7-8-23-21(14-17)29-26(18-10-11-40-15-18)35(23)19-4-2-1-3-5-19/h6-12,14-15,19,22,36H,1-5,13H2,(H,30,37)(H,38,39)(H,31,32,33,34). The third-order valence-electron chi connectivity index (χ3n) is 7.36. The third-order valence-corrected chi connectivity index (χ3v) is 7.36. The number of carboxylic acid groups (broad SMARTS) is 1. The van der Waals surface area contributed by atoms with Gasteiger partial charge in [0.25, 0.3) is 5.91 Å². The first-order valence-corrected chi connectivity index (χ1v) is 13.1. The Balaban J connectivity index is 1.27. The minimum absolute atomic E-state index is 0.0185. The van der Waals surface area contributed by atoms with Gasteiger partial charge in [-0.2, -0.15) is 5.21 Å². The van der Waals surface area contributed by atoms with Crippen LogP contribution >= 0.6 is 0 Å². The zero-order valence-corrected chi connectivity index (χ0v) is 21.4. The van der Waals surface area contributed by atoms with Gasteiger partial charge in [0.05, 0.1) is 28.4 Å². The van der Waals surface area contributed by atoms with Gasteiger partial charge in [0.2, 0.25) is 5.82 Å². The number of furan rings is 1. The number of tetrazole rings is 1. The molecular weight excluding hydrogens is 514 g/mol. The van der Waals surface area contributed by atoms with Crippen LogP contribution in [0.2, 0.25) is 0 Å². The number of benzene rings is 2. The van der Waals surface area contributed by atoms with Crippen molar-refractivity contribution in [2.45, 2.75) is 50.6 Å². The monoisotopic (exact) mass is 541 g/mol. The summed E-state index contributed by atoms with van der Waals surface area (Å²) in [6.07, 6.45) is 8.92. The molecule has 2 aromatic carbocycles. The van der Waals surface area contributed by atoms with Crippen LogP contribution in [0.3, 0.4) is 0 Å². The van der Waals surface area contributed by atoms with Crippen LogP contribution in [0.4, 0.5) is 0 Å². The SMILES string of the molecule is O=C(NC(Cc1ccc(O)c(-c2nn[nH]n2)c1)C(=O)O)c1ccc2c(c1)nc(-c1ccoc1)n2C1CCCCC1. The molecule has 4 N–H and O–H groups in total. The Hall–Kier alpha value is -5.00. The number of imidazole rings is 1. The molecule has 3 heterocycles. The van der Waals surface area contributed by atoms with Crippen molar-refractivity contribution in [3.05, 3.63) is 66.1 Å². The lowest BCUT2D eigenvalue weighted by Gasteiger charge is -2.25. The molecule has 40 heavy (non-hydrogen) atoms. The normalized spacial score (nSPS) is 14.8. The van der Waals surface area contributed by atoms with E-state index in [1.807, 2.05) is 12.1 Å². The Labute approximate surface area is 228 Å². The molecule has 1 saturated carbocycles. The first-order chi connectivity index (χ1) is 19.5. The maximum atomic E-state index is 13.2. The van der Waals surface area contributed by atoms with Crippen LogP contribution in [-0.2, 0) is 11.2 Å². The number of phenolic OH excluding ortho intramolecular Hbond substituents is 1. The topological polar surface area (TPSA) is 172 Å². The van der Waals surface area contributed by atoms with E-state index in [-0.39, 0.29) is 18.0 Å². The number of hydrogen-bond acceptors (Lipinski definition) is 8. The zero-order valence-electron chi connectivity index (χ0n) is 21.4. The van der Waals surface area contributed by atoms with E-state index in [1.54, 1.807) is 36.8 Å². The number of nitrogens with one attached hydrogen (secondary N) is 2. The number of nitrogens with zero attached hydrogens (tertiary/aromatic N) is 5. The maximum absolute atomic E-state index is 13.2. The molecule has 1 atom stereocenters. The highest BCUT2D eigenvalue weighted by molar-refractivity contribution is 5.99. The molecule has 12 heteroatoms. The summed E-state index contributed by atoms with van der Waals surface area (Å²) < 4.78 is 7.56. The summed E-state index contributed by atoms with van der Waals surface area (Å²) in [7, 11) is 0. The molecule has 5 aromatic rings. The second-order valence-electron chi connectivity index (χ2n) is 9.97. The molecule has 1 aliphatic rings. The summed E-state index contributed by atoms with van der Waals surface area (Å²) in [4.78, 5) is 30.2. The average molecular weight is 542 g/mol. The van der Waals surface area contributed by atoms with Gasteiger partial charge in [-0.3, -0.25) is 4.79 Å². The summed E-state index contributed by atoms with van der Waals surface area (Å²) in [5.41, 5.74) is 3.62. The summed E-state index contributed by atoms with van der Waals surface area (Å²) in [6, 6.07) is 10.8. The van der Waals surface area contributed by atoms with E-state index < -0.39 is 17.9 Å². The van der Waals surface area contributed by atoms with Gasteiger partial charge in [-0.1, -0.05) is 25.3 Å². The minimum Gasteiger partial charge on any atom is -0.507 e. The fourth-order valence-corrected chi connectivity index (χ4v) is 5.39. The molecule has 1 unspecified atom stereocenters.